The highest BCUT2D eigenvalue weighted by Crippen LogP contribution is 2.12. The number of carbonyl (C=O) groups excluding carboxylic acids is 1. The van der Waals surface area contributed by atoms with Crippen molar-refractivity contribution in [1.82, 2.24) is 4.90 Å². The fourth-order valence-electron chi connectivity index (χ4n) is 2.03. The Bertz CT molecular complexity index is 644. The number of benzene rings is 2. The number of hydrogen-bond donors (Lipinski definition) is 1. The Morgan fingerprint density at radius 2 is 1.87 bits per heavy atom. The molecule has 1 N–H and O–H groups in total. The van der Waals surface area contributed by atoms with E-state index in [1.807, 2.05) is 43.1 Å². The number of rotatable bonds is 7. The van der Waals surface area contributed by atoms with E-state index in [1.165, 1.54) is 17.7 Å². The van der Waals surface area contributed by atoms with Crippen LogP contribution in [-0.2, 0) is 4.79 Å². The van der Waals surface area contributed by atoms with Crippen LogP contribution in [0.2, 0.25) is 0 Å². The summed E-state index contributed by atoms with van der Waals surface area (Å²) in [6.45, 7) is 3.27. The molecule has 0 aliphatic rings. The number of likely N-dealkylation sites (N-methyl/N-ethyl adjacent to an activating group) is 1. The smallest absolute Gasteiger partial charge is 0.238 e. The maximum Gasteiger partial charge on any atom is 0.238 e. The molecule has 4 nitrogen and oxygen atoms in total. The highest BCUT2D eigenvalue weighted by molar-refractivity contribution is 5.92. The molecule has 0 fully saturated rings. The molecule has 0 aliphatic heterocycles. The minimum absolute atomic E-state index is 0.172. The van der Waals surface area contributed by atoms with E-state index >= 15 is 0 Å². The van der Waals surface area contributed by atoms with Crippen LogP contribution in [-0.4, -0.2) is 37.6 Å². The standard InChI is InChI=1S/C18H21FN2O2/c1-14-7-9-15(10-8-14)23-12-11-21(2)13-18(22)20-17-6-4-3-5-16(17)19/h3-10H,11-13H2,1-2H3,(H,20,22). The number of hydrogen-bond acceptors (Lipinski definition) is 3. The van der Waals surface area contributed by atoms with Gasteiger partial charge in [0.1, 0.15) is 18.2 Å². The SMILES string of the molecule is Cc1ccc(OCCN(C)CC(=O)Nc2ccccc2F)cc1. The summed E-state index contributed by atoms with van der Waals surface area (Å²) < 4.78 is 19.1. The van der Waals surface area contributed by atoms with Gasteiger partial charge in [0, 0.05) is 6.54 Å². The second kappa shape index (κ2) is 8.29. The van der Waals surface area contributed by atoms with Gasteiger partial charge >= 0.3 is 0 Å². The monoisotopic (exact) mass is 316 g/mol. The number of para-hydroxylation sites is 1. The maximum atomic E-state index is 13.5. The maximum absolute atomic E-state index is 13.5. The first-order valence-corrected chi connectivity index (χ1v) is 7.47. The van der Waals surface area contributed by atoms with Crippen molar-refractivity contribution < 1.29 is 13.9 Å². The molecule has 122 valence electrons. The summed E-state index contributed by atoms with van der Waals surface area (Å²) in [5.74, 6) is 0.110. The summed E-state index contributed by atoms with van der Waals surface area (Å²) in [6, 6.07) is 13.9. The van der Waals surface area contributed by atoms with Gasteiger partial charge in [0.15, 0.2) is 0 Å². The molecule has 23 heavy (non-hydrogen) atoms. The van der Waals surface area contributed by atoms with Gasteiger partial charge in [-0.25, -0.2) is 4.39 Å². The zero-order chi connectivity index (χ0) is 16.7. The van der Waals surface area contributed by atoms with Crippen molar-refractivity contribution in [3.8, 4) is 5.75 Å². The van der Waals surface area contributed by atoms with Crippen molar-refractivity contribution in [2.75, 3.05) is 32.1 Å². The number of carbonyl (C=O) groups is 1. The van der Waals surface area contributed by atoms with Crippen molar-refractivity contribution in [2.45, 2.75) is 6.92 Å². The van der Waals surface area contributed by atoms with Crippen molar-refractivity contribution in [3.63, 3.8) is 0 Å². The third-order valence-electron chi connectivity index (χ3n) is 3.32. The van der Waals surface area contributed by atoms with Gasteiger partial charge in [-0.2, -0.15) is 0 Å². The first-order valence-electron chi connectivity index (χ1n) is 7.47. The van der Waals surface area contributed by atoms with Crippen LogP contribution in [0.25, 0.3) is 0 Å². The number of halogens is 1. The Balaban J connectivity index is 1.71. The van der Waals surface area contributed by atoms with E-state index in [2.05, 4.69) is 5.32 Å². The van der Waals surface area contributed by atoms with Crippen LogP contribution in [0, 0.1) is 12.7 Å². The van der Waals surface area contributed by atoms with Crippen LogP contribution < -0.4 is 10.1 Å². The third kappa shape index (κ3) is 5.71. The summed E-state index contributed by atoms with van der Waals surface area (Å²) in [5, 5.41) is 2.56. The van der Waals surface area contributed by atoms with Gasteiger partial charge in [0.25, 0.3) is 0 Å². The molecule has 0 atom stereocenters. The molecule has 2 aromatic rings. The lowest BCUT2D eigenvalue weighted by Crippen LogP contribution is -2.33. The first-order chi connectivity index (χ1) is 11.0. The van der Waals surface area contributed by atoms with Crippen molar-refractivity contribution in [2.24, 2.45) is 0 Å². The molecule has 0 saturated heterocycles. The number of amides is 1. The average molecular weight is 316 g/mol. The minimum Gasteiger partial charge on any atom is -0.492 e. The summed E-state index contributed by atoms with van der Waals surface area (Å²) >= 11 is 0. The van der Waals surface area contributed by atoms with Crippen LogP contribution in [0.5, 0.6) is 5.75 Å². The second-order valence-electron chi connectivity index (χ2n) is 5.43. The molecule has 0 bridgehead atoms. The van der Waals surface area contributed by atoms with Crippen LogP contribution in [0.4, 0.5) is 10.1 Å². The first kappa shape index (κ1) is 17.0. The normalized spacial score (nSPS) is 10.6. The Labute approximate surface area is 135 Å². The number of anilines is 1. The van der Waals surface area contributed by atoms with Gasteiger partial charge in [-0.3, -0.25) is 9.69 Å². The zero-order valence-electron chi connectivity index (χ0n) is 13.4. The van der Waals surface area contributed by atoms with Crippen molar-refractivity contribution in [3.05, 3.63) is 59.9 Å². The van der Waals surface area contributed by atoms with E-state index in [9.17, 15) is 9.18 Å². The number of nitrogens with zero attached hydrogens (tertiary/aromatic N) is 1. The van der Waals surface area contributed by atoms with Crippen LogP contribution in [0.1, 0.15) is 5.56 Å². The molecule has 0 aromatic heterocycles. The molecule has 0 heterocycles. The third-order valence-corrected chi connectivity index (χ3v) is 3.32. The van der Waals surface area contributed by atoms with E-state index in [0.717, 1.165) is 5.75 Å². The molecule has 0 aliphatic carbocycles. The topological polar surface area (TPSA) is 41.6 Å². The van der Waals surface area contributed by atoms with Gasteiger partial charge in [0.2, 0.25) is 5.91 Å². The van der Waals surface area contributed by atoms with Gasteiger partial charge in [-0.15, -0.1) is 0 Å². The fourth-order valence-corrected chi connectivity index (χ4v) is 2.03. The summed E-state index contributed by atoms with van der Waals surface area (Å²) in [5.41, 5.74) is 1.38. The average Bonchev–Trinajstić information content (AvgIpc) is 2.51. The minimum atomic E-state index is -0.439. The molecular formula is C18H21FN2O2. The molecule has 2 rings (SSSR count). The summed E-state index contributed by atoms with van der Waals surface area (Å²) in [7, 11) is 1.82. The lowest BCUT2D eigenvalue weighted by Gasteiger charge is -2.17. The molecular weight excluding hydrogens is 295 g/mol. The van der Waals surface area contributed by atoms with Gasteiger partial charge in [-0.1, -0.05) is 29.8 Å². The number of aryl methyl sites for hydroxylation is 1. The Kier molecular flexibility index (Phi) is 6.11. The van der Waals surface area contributed by atoms with Crippen LogP contribution in [0.3, 0.4) is 0 Å². The van der Waals surface area contributed by atoms with E-state index in [0.29, 0.717) is 13.2 Å². The van der Waals surface area contributed by atoms with Crippen LogP contribution >= 0.6 is 0 Å². The Hall–Kier alpha value is -2.40. The van der Waals surface area contributed by atoms with Crippen molar-refractivity contribution >= 4 is 11.6 Å². The van der Waals surface area contributed by atoms with E-state index in [1.54, 1.807) is 12.1 Å². The fraction of sp³-hybridized carbons (Fsp3) is 0.278. The number of ether oxygens (including phenoxy) is 1. The van der Waals surface area contributed by atoms with Crippen LogP contribution in [0.15, 0.2) is 48.5 Å². The zero-order valence-corrected chi connectivity index (χ0v) is 13.4. The molecule has 0 radical (unpaired) electrons. The van der Waals surface area contributed by atoms with Gasteiger partial charge in [0.05, 0.1) is 12.2 Å². The molecule has 0 unspecified atom stereocenters. The van der Waals surface area contributed by atoms with E-state index in [4.69, 9.17) is 4.74 Å². The Morgan fingerprint density at radius 1 is 1.17 bits per heavy atom. The highest BCUT2D eigenvalue weighted by atomic mass is 19.1. The molecule has 5 heteroatoms. The predicted molar refractivity (Wildman–Crippen MR) is 89.2 cm³/mol. The summed E-state index contributed by atoms with van der Waals surface area (Å²) in [4.78, 5) is 13.7. The van der Waals surface area contributed by atoms with Gasteiger partial charge < -0.3 is 10.1 Å². The quantitative estimate of drug-likeness (QED) is 0.853. The summed E-state index contributed by atoms with van der Waals surface area (Å²) in [6.07, 6.45) is 0. The lowest BCUT2D eigenvalue weighted by molar-refractivity contribution is -0.117. The molecule has 1 amide bonds. The highest BCUT2D eigenvalue weighted by Gasteiger charge is 2.09. The Morgan fingerprint density at radius 3 is 2.57 bits per heavy atom. The number of nitrogens with one attached hydrogen (secondary N) is 1. The molecule has 0 saturated carbocycles. The molecule has 2 aromatic carbocycles. The van der Waals surface area contributed by atoms with Gasteiger partial charge in [-0.05, 0) is 38.2 Å². The largest absolute Gasteiger partial charge is 0.492 e. The van der Waals surface area contributed by atoms with E-state index in [-0.39, 0.29) is 18.1 Å². The predicted octanol–water partition coefficient (Wildman–Crippen LogP) is 3.08. The second-order valence-corrected chi connectivity index (χ2v) is 5.43. The molecule has 0 spiro atoms. The van der Waals surface area contributed by atoms with Crippen molar-refractivity contribution in [1.29, 1.82) is 0 Å². The lowest BCUT2D eigenvalue weighted by atomic mass is 10.2. The van der Waals surface area contributed by atoms with E-state index < -0.39 is 5.82 Å².